The predicted molar refractivity (Wildman–Crippen MR) is 111 cm³/mol. The Morgan fingerprint density at radius 3 is 2.37 bits per heavy atom. The van der Waals surface area contributed by atoms with Crippen LogP contribution in [0.4, 0.5) is 0 Å². The van der Waals surface area contributed by atoms with Gasteiger partial charge in [0, 0.05) is 18.4 Å². The summed E-state index contributed by atoms with van der Waals surface area (Å²) in [5.74, 6) is 0.756. The normalized spacial score (nSPS) is 31.4. The zero-order valence-corrected chi connectivity index (χ0v) is 19.5. The minimum absolute atomic E-state index is 0.0190. The minimum Gasteiger partial charge on any atom is -0.469 e. The molecule has 0 aromatic heterocycles. The van der Waals surface area contributed by atoms with E-state index in [-0.39, 0.29) is 28.4 Å². The maximum atomic E-state index is 12.5. The van der Waals surface area contributed by atoms with Crippen LogP contribution in [-0.4, -0.2) is 33.3 Å². The number of hydrogen-bond donors (Lipinski definition) is 0. The molecule has 4 nitrogen and oxygen atoms in total. The smallest absolute Gasteiger partial charge is 0.305 e. The summed E-state index contributed by atoms with van der Waals surface area (Å²) in [7, 11) is -0.403. The molecule has 2 rings (SSSR count). The van der Waals surface area contributed by atoms with E-state index >= 15 is 0 Å². The molecule has 5 heteroatoms. The van der Waals surface area contributed by atoms with Gasteiger partial charge in [-0.15, -0.1) is 0 Å². The van der Waals surface area contributed by atoms with Crippen molar-refractivity contribution >= 4 is 20.1 Å². The largest absolute Gasteiger partial charge is 0.469 e. The topological polar surface area (TPSA) is 52.6 Å². The van der Waals surface area contributed by atoms with Crippen molar-refractivity contribution in [2.45, 2.75) is 103 Å². The molecular weight excluding hydrogens is 356 g/mol. The van der Waals surface area contributed by atoms with Gasteiger partial charge in [0.15, 0.2) is 8.32 Å². The molecule has 2 fully saturated rings. The van der Waals surface area contributed by atoms with E-state index in [0.717, 1.165) is 44.9 Å². The molecule has 0 N–H and O–H groups in total. The van der Waals surface area contributed by atoms with Crippen LogP contribution in [0.15, 0.2) is 0 Å². The zero-order chi connectivity index (χ0) is 20.5. The molecular formula is C22H40O4Si. The molecule has 2 aliphatic carbocycles. The first-order chi connectivity index (χ1) is 12.4. The first-order valence-electron chi connectivity index (χ1n) is 10.7. The van der Waals surface area contributed by atoms with Gasteiger partial charge < -0.3 is 9.16 Å². The van der Waals surface area contributed by atoms with Crippen molar-refractivity contribution in [3.63, 3.8) is 0 Å². The average molecular weight is 397 g/mol. The highest BCUT2D eigenvalue weighted by Gasteiger charge is 2.56. The van der Waals surface area contributed by atoms with Gasteiger partial charge in [0.05, 0.1) is 7.11 Å². The molecule has 0 aromatic rings. The van der Waals surface area contributed by atoms with E-state index in [4.69, 9.17) is 9.16 Å². The highest BCUT2D eigenvalue weighted by molar-refractivity contribution is 6.74. The maximum Gasteiger partial charge on any atom is 0.305 e. The van der Waals surface area contributed by atoms with Crippen LogP contribution < -0.4 is 0 Å². The lowest BCUT2D eigenvalue weighted by Gasteiger charge is -2.50. The third kappa shape index (κ3) is 4.67. The van der Waals surface area contributed by atoms with Crippen LogP contribution in [0, 0.1) is 17.3 Å². The fourth-order valence-electron chi connectivity index (χ4n) is 5.38. The third-order valence-corrected chi connectivity index (χ3v) is 12.3. The molecule has 156 valence electrons. The molecule has 0 radical (unpaired) electrons. The van der Waals surface area contributed by atoms with Crippen molar-refractivity contribution in [1.29, 1.82) is 0 Å². The maximum absolute atomic E-state index is 12.5. The molecule has 0 heterocycles. The molecule has 27 heavy (non-hydrogen) atoms. The molecule has 2 saturated carbocycles. The second-order valence-corrected chi connectivity index (χ2v) is 15.1. The van der Waals surface area contributed by atoms with Crippen LogP contribution in [0.3, 0.4) is 0 Å². The van der Waals surface area contributed by atoms with E-state index in [1.54, 1.807) is 6.92 Å². The molecule has 0 saturated heterocycles. The highest BCUT2D eigenvalue weighted by atomic mass is 28.4. The van der Waals surface area contributed by atoms with Crippen molar-refractivity contribution in [3.05, 3.63) is 0 Å². The Bertz CT molecular complexity index is 551. The van der Waals surface area contributed by atoms with E-state index in [1.807, 2.05) is 0 Å². The Balaban J connectivity index is 2.23. The summed E-state index contributed by atoms with van der Waals surface area (Å²) in [6.07, 6.45) is 7.86. The van der Waals surface area contributed by atoms with Crippen LogP contribution in [0.2, 0.25) is 18.1 Å². The number of fused-ring (bicyclic) bond motifs is 1. The molecule has 0 aromatic carbocycles. The SMILES string of the molecule is COC(=O)CCC[C@]12CCC[C@H](O[Si](C)(C)C(C)(C)C)[C@@H]1CC[C@@H]2C(C)=O. The number of carbonyl (C=O) groups is 2. The first-order valence-corrected chi connectivity index (χ1v) is 13.6. The van der Waals surface area contributed by atoms with Gasteiger partial charge in [-0.05, 0) is 74.9 Å². The second kappa shape index (κ2) is 8.36. The summed E-state index contributed by atoms with van der Waals surface area (Å²) in [4.78, 5) is 24.1. The standard InChI is InChI=1S/C22H40O4Si/c1-16(23)17-12-13-18-19(26-27(6,7)21(2,3)4)10-8-14-22(17,18)15-9-11-20(24)25-5/h17-19H,8-15H2,1-7H3/t17-,18+,19+,22+/m1/s1. The molecule has 4 atom stereocenters. The van der Waals surface area contributed by atoms with Gasteiger partial charge >= 0.3 is 5.97 Å². The Kier molecular flexibility index (Phi) is 7.00. The summed E-state index contributed by atoms with van der Waals surface area (Å²) in [6, 6.07) is 0. The van der Waals surface area contributed by atoms with E-state index < -0.39 is 8.32 Å². The Hall–Kier alpha value is -0.683. The summed E-state index contributed by atoms with van der Waals surface area (Å²) in [5.41, 5.74) is 0.0190. The molecule has 0 amide bonds. The molecule has 0 aliphatic heterocycles. The number of hydrogen-bond acceptors (Lipinski definition) is 4. The Morgan fingerprint density at radius 1 is 1.15 bits per heavy atom. The monoisotopic (exact) mass is 396 g/mol. The zero-order valence-electron chi connectivity index (χ0n) is 18.5. The fourth-order valence-corrected chi connectivity index (χ4v) is 6.77. The number of ether oxygens (including phenoxy) is 1. The molecule has 0 unspecified atom stereocenters. The van der Waals surface area contributed by atoms with E-state index in [9.17, 15) is 9.59 Å². The van der Waals surface area contributed by atoms with Crippen LogP contribution in [0.1, 0.15) is 79.1 Å². The van der Waals surface area contributed by atoms with Crippen LogP contribution >= 0.6 is 0 Å². The van der Waals surface area contributed by atoms with Crippen molar-refractivity contribution in [1.82, 2.24) is 0 Å². The van der Waals surface area contributed by atoms with Gasteiger partial charge in [-0.25, -0.2) is 0 Å². The van der Waals surface area contributed by atoms with Crippen LogP contribution in [0.5, 0.6) is 0 Å². The average Bonchev–Trinajstić information content (AvgIpc) is 2.94. The van der Waals surface area contributed by atoms with Crippen molar-refractivity contribution in [2.75, 3.05) is 7.11 Å². The van der Waals surface area contributed by atoms with E-state index in [1.165, 1.54) is 7.11 Å². The number of esters is 1. The predicted octanol–water partition coefficient (Wildman–Crippen LogP) is 5.51. The van der Waals surface area contributed by atoms with Gasteiger partial charge in [0.1, 0.15) is 5.78 Å². The third-order valence-electron chi connectivity index (χ3n) is 7.77. The summed E-state index contributed by atoms with van der Waals surface area (Å²) < 4.78 is 11.7. The quantitative estimate of drug-likeness (QED) is 0.421. The van der Waals surface area contributed by atoms with Crippen LogP contribution in [-0.2, 0) is 18.8 Å². The Labute approximate surface area is 166 Å². The minimum atomic E-state index is -1.85. The van der Waals surface area contributed by atoms with E-state index in [2.05, 4.69) is 33.9 Å². The molecule has 2 aliphatic rings. The number of methoxy groups -OCH3 is 1. The fraction of sp³-hybridized carbons (Fsp3) is 0.909. The van der Waals surface area contributed by atoms with Gasteiger partial charge in [0.25, 0.3) is 0 Å². The summed E-state index contributed by atoms with van der Waals surface area (Å²) in [6.45, 7) is 13.3. The van der Waals surface area contributed by atoms with Gasteiger partial charge in [-0.3, -0.25) is 9.59 Å². The van der Waals surface area contributed by atoms with E-state index in [0.29, 0.717) is 18.1 Å². The van der Waals surface area contributed by atoms with Crippen molar-refractivity contribution in [2.24, 2.45) is 17.3 Å². The number of rotatable bonds is 7. The molecule has 0 spiro atoms. The van der Waals surface area contributed by atoms with Crippen molar-refractivity contribution in [3.8, 4) is 0 Å². The van der Waals surface area contributed by atoms with Gasteiger partial charge in [-0.2, -0.15) is 0 Å². The lowest BCUT2D eigenvalue weighted by Crippen LogP contribution is -2.51. The summed E-state index contributed by atoms with van der Waals surface area (Å²) >= 11 is 0. The second-order valence-electron chi connectivity index (χ2n) is 10.3. The lowest BCUT2D eigenvalue weighted by atomic mass is 9.60. The Morgan fingerprint density at radius 2 is 1.81 bits per heavy atom. The van der Waals surface area contributed by atoms with Gasteiger partial charge in [-0.1, -0.05) is 27.2 Å². The summed E-state index contributed by atoms with van der Waals surface area (Å²) in [5, 5.41) is 0.191. The molecule has 0 bridgehead atoms. The van der Waals surface area contributed by atoms with Crippen LogP contribution in [0.25, 0.3) is 0 Å². The highest BCUT2D eigenvalue weighted by Crippen LogP contribution is 2.60. The number of carbonyl (C=O) groups excluding carboxylic acids is 2. The lowest BCUT2D eigenvalue weighted by molar-refractivity contribution is -0.141. The first kappa shape index (κ1) is 22.6. The van der Waals surface area contributed by atoms with Crippen molar-refractivity contribution < 1.29 is 18.8 Å². The number of ketones is 1. The van der Waals surface area contributed by atoms with Gasteiger partial charge in [0.2, 0.25) is 0 Å². The number of Topliss-reactive ketones (excluding diaryl/α,β-unsaturated/α-hetero) is 1.